The number of nitrogens with zero attached hydrogens (tertiary/aromatic N) is 2. The minimum Gasteiger partial charge on any atom is -0.476 e. The molecule has 5 fully saturated rings. The van der Waals surface area contributed by atoms with Gasteiger partial charge in [0.05, 0.1) is 5.60 Å². The molecule has 5 aliphatic rings. The van der Waals surface area contributed by atoms with Gasteiger partial charge >= 0.3 is 5.97 Å². The van der Waals surface area contributed by atoms with Crippen LogP contribution >= 0.6 is 0 Å². The molecule has 0 aliphatic heterocycles. The Morgan fingerprint density at radius 2 is 1.73 bits per heavy atom. The Bertz CT molecular complexity index is 654. The molecule has 0 spiro atoms. The molecule has 0 atom stereocenters. The molecule has 26 heavy (non-hydrogen) atoms. The lowest BCUT2D eigenvalue weighted by Gasteiger charge is -2.56. The second-order valence-electron chi connectivity index (χ2n) is 9.47. The van der Waals surface area contributed by atoms with E-state index in [-0.39, 0.29) is 11.3 Å². The van der Waals surface area contributed by atoms with Gasteiger partial charge in [0.25, 0.3) is 0 Å². The van der Waals surface area contributed by atoms with Gasteiger partial charge in [0.2, 0.25) is 0 Å². The van der Waals surface area contributed by atoms with E-state index in [1.54, 1.807) is 6.20 Å². The zero-order valence-corrected chi connectivity index (χ0v) is 15.5. The average Bonchev–Trinajstić information content (AvgIpc) is 3.04. The monoisotopic (exact) mass is 358 g/mol. The molecule has 1 aromatic heterocycles. The van der Waals surface area contributed by atoms with Gasteiger partial charge in [-0.05, 0) is 69.1 Å². The summed E-state index contributed by atoms with van der Waals surface area (Å²) in [6.07, 6.45) is 15.5. The second-order valence-corrected chi connectivity index (χ2v) is 9.47. The van der Waals surface area contributed by atoms with Crippen LogP contribution in [0.25, 0.3) is 0 Å². The summed E-state index contributed by atoms with van der Waals surface area (Å²) < 4.78 is 8.59. The highest BCUT2D eigenvalue weighted by atomic mass is 16.5. The van der Waals surface area contributed by atoms with E-state index in [1.807, 2.05) is 4.57 Å². The number of carbonyl (C=O) groups is 1. The molecule has 0 aromatic carbocycles. The van der Waals surface area contributed by atoms with E-state index < -0.39 is 5.97 Å². The fourth-order valence-corrected chi connectivity index (χ4v) is 6.74. The van der Waals surface area contributed by atoms with Crippen LogP contribution in [0.5, 0.6) is 0 Å². The van der Waals surface area contributed by atoms with Gasteiger partial charge in [0.15, 0.2) is 5.69 Å². The predicted molar refractivity (Wildman–Crippen MR) is 97.0 cm³/mol. The Morgan fingerprint density at radius 1 is 1.12 bits per heavy atom. The van der Waals surface area contributed by atoms with Crippen LogP contribution in [0.4, 0.5) is 0 Å². The Morgan fingerprint density at radius 3 is 2.31 bits per heavy atom. The van der Waals surface area contributed by atoms with E-state index >= 15 is 0 Å². The van der Waals surface area contributed by atoms with Crippen molar-refractivity contribution in [1.82, 2.24) is 9.55 Å². The number of ether oxygens (including phenoxy) is 1. The van der Waals surface area contributed by atoms with E-state index in [0.717, 1.165) is 36.4 Å². The molecule has 0 unspecified atom stereocenters. The fraction of sp³-hybridized carbons (Fsp3) is 0.810. The number of aromatic nitrogens is 2. The first-order chi connectivity index (χ1) is 12.6. The third kappa shape index (κ3) is 2.98. The first-order valence-corrected chi connectivity index (χ1v) is 10.5. The molecule has 1 heterocycles. The number of carboxylic acids is 1. The summed E-state index contributed by atoms with van der Waals surface area (Å²) in [4.78, 5) is 15.9. The average molecular weight is 358 g/mol. The van der Waals surface area contributed by atoms with Crippen LogP contribution in [0.15, 0.2) is 6.20 Å². The SMILES string of the molecule is O=C(O)c1cn(COC23CC4CC(CC(C4)C2)C3)c(C2CCCCC2)n1. The van der Waals surface area contributed by atoms with E-state index in [4.69, 9.17) is 4.74 Å². The van der Waals surface area contributed by atoms with Gasteiger partial charge in [0, 0.05) is 12.1 Å². The molecule has 1 aromatic rings. The molecule has 5 saturated carbocycles. The molecular formula is C21H30N2O3. The molecule has 6 rings (SSSR count). The Kier molecular flexibility index (Phi) is 4.11. The van der Waals surface area contributed by atoms with Crippen LogP contribution in [0.2, 0.25) is 0 Å². The molecule has 0 saturated heterocycles. The summed E-state index contributed by atoms with van der Waals surface area (Å²) in [7, 11) is 0. The van der Waals surface area contributed by atoms with Crippen LogP contribution in [0.1, 0.15) is 92.9 Å². The number of rotatable bonds is 5. The molecular weight excluding hydrogens is 328 g/mol. The van der Waals surface area contributed by atoms with Crippen LogP contribution in [0, 0.1) is 17.8 Å². The first kappa shape index (κ1) is 16.8. The maximum absolute atomic E-state index is 11.5. The van der Waals surface area contributed by atoms with Gasteiger partial charge in [-0.1, -0.05) is 19.3 Å². The molecule has 0 amide bonds. The molecule has 1 N–H and O–H groups in total. The third-order valence-electron chi connectivity index (χ3n) is 7.49. The lowest BCUT2D eigenvalue weighted by atomic mass is 9.54. The topological polar surface area (TPSA) is 64.3 Å². The van der Waals surface area contributed by atoms with Crippen molar-refractivity contribution in [3.63, 3.8) is 0 Å². The maximum atomic E-state index is 11.5. The summed E-state index contributed by atoms with van der Waals surface area (Å²) in [6, 6.07) is 0. The van der Waals surface area contributed by atoms with Crippen molar-refractivity contribution >= 4 is 5.97 Å². The zero-order chi connectivity index (χ0) is 17.7. The van der Waals surface area contributed by atoms with Crippen LogP contribution < -0.4 is 0 Å². The summed E-state index contributed by atoms with van der Waals surface area (Å²) in [5.74, 6) is 2.96. The van der Waals surface area contributed by atoms with E-state index in [0.29, 0.717) is 12.6 Å². The smallest absolute Gasteiger partial charge is 0.356 e. The number of hydrogen-bond donors (Lipinski definition) is 1. The van der Waals surface area contributed by atoms with Crippen LogP contribution in [0.3, 0.4) is 0 Å². The molecule has 5 nitrogen and oxygen atoms in total. The minimum atomic E-state index is -0.935. The summed E-state index contributed by atoms with van der Waals surface area (Å²) in [5, 5.41) is 9.40. The number of imidazole rings is 1. The lowest BCUT2D eigenvalue weighted by Crippen LogP contribution is -2.52. The van der Waals surface area contributed by atoms with Crippen molar-refractivity contribution in [1.29, 1.82) is 0 Å². The molecule has 142 valence electrons. The third-order valence-corrected chi connectivity index (χ3v) is 7.49. The van der Waals surface area contributed by atoms with Crippen molar-refractivity contribution in [3.8, 4) is 0 Å². The highest BCUT2D eigenvalue weighted by Gasteiger charge is 2.51. The first-order valence-electron chi connectivity index (χ1n) is 10.5. The summed E-state index contributed by atoms with van der Waals surface area (Å²) in [6.45, 7) is 0.471. The predicted octanol–water partition coefficient (Wildman–Crippen LogP) is 4.57. The van der Waals surface area contributed by atoms with Crippen molar-refractivity contribution in [2.75, 3.05) is 0 Å². The highest BCUT2D eigenvalue weighted by Crippen LogP contribution is 2.57. The largest absolute Gasteiger partial charge is 0.476 e. The van der Waals surface area contributed by atoms with Crippen molar-refractivity contribution < 1.29 is 14.6 Å². The van der Waals surface area contributed by atoms with Crippen molar-refractivity contribution in [3.05, 3.63) is 17.7 Å². The van der Waals surface area contributed by atoms with Gasteiger partial charge in [-0.15, -0.1) is 0 Å². The van der Waals surface area contributed by atoms with Crippen LogP contribution in [-0.2, 0) is 11.5 Å². The van der Waals surface area contributed by atoms with E-state index in [2.05, 4.69) is 4.98 Å². The summed E-state index contributed by atoms with van der Waals surface area (Å²) >= 11 is 0. The normalized spacial score (nSPS) is 36.5. The zero-order valence-electron chi connectivity index (χ0n) is 15.5. The van der Waals surface area contributed by atoms with Gasteiger partial charge in [-0.25, -0.2) is 9.78 Å². The summed E-state index contributed by atoms with van der Waals surface area (Å²) in [5.41, 5.74) is 0.214. The Labute approximate surface area is 155 Å². The van der Waals surface area contributed by atoms with E-state index in [9.17, 15) is 9.90 Å². The van der Waals surface area contributed by atoms with Gasteiger partial charge in [-0.2, -0.15) is 0 Å². The maximum Gasteiger partial charge on any atom is 0.356 e. The second kappa shape index (κ2) is 6.36. The highest BCUT2D eigenvalue weighted by molar-refractivity contribution is 5.85. The van der Waals surface area contributed by atoms with Crippen molar-refractivity contribution in [2.45, 2.75) is 88.9 Å². The molecule has 5 aliphatic carbocycles. The molecule has 5 heteroatoms. The quantitative estimate of drug-likeness (QED) is 0.837. The van der Waals surface area contributed by atoms with Crippen molar-refractivity contribution in [2.24, 2.45) is 17.8 Å². The lowest BCUT2D eigenvalue weighted by molar-refractivity contribution is -0.181. The van der Waals surface area contributed by atoms with Gasteiger partial charge < -0.3 is 14.4 Å². The Hall–Kier alpha value is -1.36. The number of aromatic carboxylic acids is 1. The molecule has 4 bridgehead atoms. The standard InChI is InChI=1S/C21H30N2O3/c24-20(25)18-12-23(19(22-18)17-4-2-1-3-5-17)13-26-21-9-14-6-15(10-21)8-16(7-14)11-21/h12,14-17H,1-11,13H2,(H,24,25). The van der Waals surface area contributed by atoms with Gasteiger partial charge in [-0.3, -0.25) is 0 Å². The van der Waals surface area contributed by atoms with Crippen LogP contribution in [-0.4, -0.2) is 26.2 Å². The number of carboxylic acid groups (broad SMARTS) is 1. The van der Waals surface area contributed by atoms with Gasteiger partial charge in [0.1, 0.15) is 12.6 Å². The molecule has 0 radical (unpaired) electrons. The number of hydrogen-bond acceptors (Lipinski definition) is 3. The Balaban J connectivity index is 1.35. The minimum absolute atomic E-state index is 0.0479. The fourth-order valence-electron chi connectivity index (χ4n) is 6.74. The van der Waals surface area contributed by atoms with E-state index in [1.165, 1.54) is 57.8 Å².